The zero-order valence-corrected chi connectivity index (χ0v) is 16.6. The minimum atomic E-state index is 0.0648. The van der Waals surface area contributed by atoms with Crippen molar-refractivity contribution in [3.05, 3.63) is 29.7 Å². The third-order valence-corrected chi connectivity index (χ3v) is 6.38. The van der Waals surface area contributed by atoms with Crippen LogP contribution in [0.2, 0.25) is 0 Å². The lowest BCUT2D eigenvalue weighted by molar-refractivity contribution is 0.0742. The van der Waals surface area contributed by atoms with Crippen molar-refractivity contribution in [1.29, 1.82) is 0 Å². The van der Waals surface area contributed by atoms with Crippen molar-refractivity contribution in [2.45, 2.75) is 51.7 Å². The van der Waals surface area contributed by atoms with Crippen molar-refractivity contribution in [2.75, 3.05) is 33.2 Å². The van der Waals surface area contributed by atoms with Crippen LogP contribution >= 0.6 is 0 Å². The van der Waals surface area contributed by atoms with Crippen LogP contribution in [0.15, 0.2) is 18.6 Å². The topological polar surface area (TPSA) is 57.0 Å². The second-order valence-electron chi connectivity index (χ2n) is 7.84. The average Bonchev–Trinajstić information content (AvgIpc) is 3.19. The zero-order chi connectivity index (χ0) is 19.0. The lowest BCUT2D eigenvalue weighted by Crippen LogP contribution is -2.39. The maximum atomic E-state index is 13.2. The molecule has 0 N–H and O–H groups in total. The maximum absolute atomic E-state index is 13.2. The number of carbonyl (C=O) groups is 1. The quantitative estimate of drug-likeness (QED) is 0.804. The molecule has 2 fully saturated rings. The summed E-state index contributed by atoms with van der Waals surface area (Å²) >= 11 is 0. The molecular formula is C20H30N6O. The highest BCUT2D eigenvalue weighted by molar-refractivity contribution is 5.99. The minimum absolute atomic E-state index is 0.0648. The van der Waals surface area contributed by atoms with Gasteiger partial charge in [0.05, 0.1) is 6.20 Å². The first-order valence-electron chi connectivity index (χ1n) is 10.2. The molecule has 4 heterocycles. The SMILES string of the molecule is CCN(CC)Cc1cnc2c(C(=O)N3CC[C@@H]4CC[C@H](C3)N4C)cnn2c1. The van der Waals surface area contributed by atoms with E-state index in [1.807, 2.05) is 17.3 Å². The van der Waals surface area contributed by atoms with Gasteiger partial charge in [-0.2, -0.15) is 5.10 Å². The smallest absolute Gasteiger partial charge is 0.259 e. The van der Waals surface area contributed by atoms with Gasteiger partial charge in [0.15, 0.2) is 5.65 Å². The molecule has 7 nitrogen and oxygen atoms in total. The first kappa shape index (κ1) is 18.4. The van der Waals surface area contributed by atoms with Gasteiger partial charge < -0.3 is 4.90 Å². The number of likely N-dealkylation sites (N-methyl/N-ethyl adjacent to an activating group) is 1. The number of hydrogen-bond donors (Lipinski definition) is 0. The summed E-state index contributed by atoms with van der Waals surface area (Å²) in [6, 6.07) is 1.11. The van der Waals surface area contributed by atoms with Gasteiger partial charge >= 0.3 is 0 Å². The summed E-state index contributed by atoms with van der Waals surface area (Å²) in [5.41, 5.74) is 2.39. The van der Waals surface area contributed by atoms with E-state index in [9.17, 15) is 4.79 Å². The Morgan fingerprint density at radius 3 is 2.74 bits per heavy atom. The van der Waals surface area contributed by atoms with E-state index < -0.39 is 0 Å². The molecule has 2 aromatic heterocycles. The van der Waals surface area contributed by atoms with Gasteiger partial charge in [-0.05, 0) is 39.4 Å². The first-order chi connectivity index (χ1) is 13.1. The summed E-state index contributed by atoms with van der Waals surface area (Å²) in [5, 5.41) is 4.42. The zero-order valence-electron chi connectivity index (χ0n) is 16.6. The van der Waals surface area contributed by atoms with Crippen LogP contribution in [0.5, 0.6) is 0 Å². The highest BCUT2D eigenvalue weighted by Crippen LogP contribution is 2.29. The fourth-order valence-corrected chi connectivity index (χ4v) is 4.51. The average molecular weight is 371 g/mol. The van der Waals surface area contributed by atoms with Crippen molar-refractivity contribution in [3.8, 4) is 0 Å². The van der Waals surface area contributed by atoms with Crippen LogP contribution in [0, 0.1) is 0 Å². The Balaban J connectivity index is 1.54. The predicted molar refractivity (Wildman–Crippen MR) is 105 cm³/mol. The summed E-state index contributed by atoms with van der Waals surface area (Å²) in [6.07, 6.45) is 9.06. The maximum Gasteiger partial charge on any atom is 0.259 e. The van der Waals surface area contributed by atoms with Gasteiger partial charge in [-0.3, -0.25) is 14.6 Å². The second-order valence-corrected chi connectivity index (χ2v) is 7.84. The van der Waals surface area contributed by atoms with E-state index >= 15 is 0 Å². The van der Waals surface area contributed by atoms with E-state index in [-0.39, 0.29) is 5.91 Å². The van der Waals surface area contributed by atoms with Gasteiger partial charge in [-0.15, -0.1) is 0 Å². The van der Waals surface area contributed by atoms with Crippen molar-refractivity contribution in [2.24, 2.45) is 0 Å². The Morgan fingerprint density at radius 2 is 1.96 bits per heavy atom. The van der Waals surface area contributed by atoms with Crippen molar-refractivity contribution < 1.29 is 4.79 Å². The highest BCUT2D eigenvalue weighted by Gasteiger charge is 2.36. The number of fused-ring (bicyclic) bond motifs is 3. The summed E-state index contributed by atoms with van der Waals surface area (Å²) in [5.74, 6) is 0.0648. The van der Waals surface area contributed by atoms with Gasteiger partial charge in [0.2, 0.25) is 0 Å². The van der Waals surface area contributed by atoms with E-state index in [1.54, 1.807) is 10.7 Å². The fourth-order valence-electron chi connectivity index (χ4n) is 4.51. The Kier molecular flexibility index (Phi) is 5.14. The molecule has 0 aromatic carbocycles. The molecule has 2 bridgehead atoms. The fraction of sp³-hybridized carbons (Fsp3) is 0.650. The minimum Gasteiger partial charge on any atom is -0.337 e. The van der Waals surface area contributed by atoms with E-state index in [1.165, 1.54) is 12.8 Å². The molecule has 146 valence electrons. The van der Waals surface area contributed by atoms with E-state index in [0.717, 1.165) is 44.7 Å². The van der Waals surface area contributed by atoms with Crippen molar-refractivity contribution in [1.82, 2.24) is 29.3 Å². The lowest BCUT2D eigenvalue weighted by Gasteiger charge is -2.25. The van der Waals surface area contributed by atoms with E-state index in [4.69, 9.17) is 0 Å². The summed E-state index contributed by atoms with van der Waals surface area (Å²) in [4.78, 5) is 24.5. The van der Waals surface area contributed by atoms with Crippen LogP contribution < -0.4 is 0 Å². The van der Waals surface area contributed by atoms with Gasteiger partial charge in [-0.25, -0.2) is 9.50 Å². The molecule has 2 atom stereocenters. The van der Waals surface area contributed by atoms with Crippen LogP contribution in [0.1, 0.15) is 49.0 Å². The third-order valence-electron chi connectivity index (χ3n) is 6.38. The molecule has 2 aliphatic rings. The van der Waals surface area contributed by atoms with E-state index in [2.05, 4.69) is 40.8 Å². The number of hydrogen-bond acceptors (Lipinski definition) is 5. The van der Waals surface area contributed by atoms with Gasteiger partial charge in [-0.1, -0.05) is 13.8 Å². The molecular weight excluding hydrogens is 340 g/mol. The number of carbonyl (C=O) groups excluding carboxylic acids is 1. The molecule has 0 spiro atoms. The standard InChI is InChI=1S/C20H30N6O/c1-4-24(5-2)12-15-10-21-19-18(11-22-26(19)13-15)20(27)25-9-8-16-6-7-17(14-25)23(16)3/h10-11,13,16-17H,4-9,12,14H2,1-3H3/t16-,17+/m0/s1. The van der Waals surface area contributed by atoms with Gasteiger partial charge in [0.1, 0.15) is 5.56 Å². The molecule has 1 amide bonds. The molecule has 0 unspecified atom stereocenters. The van der Waals surface area contributed by atoms with Crippen molar-refractivity contribution >= 4 is 11.6 Å². The van der Waals surface area contributed by atoms with Crippen LogP contribution in [-0.2, 0) is 6.54 Å². The number of nitrogens with zero attached hydrogens (tertiary/aromatic N) is 6. The number of rotatable bonds is 5. The van der Waals surface area contributed by atoms with Crippen LogP contribution in [0.4, 0.5) is 0 Å². The molecule has 2 saturated heterocycles. The highest BCUT2D eigenvalue weighted by atomic mass is 16.2. The molecule has 27 heavy (non-hydrogen) atoms. The van der Waals surface area contributed by atoms with Crippen molar-refractivity contribution in [3.63, 3.8) is 0 Å². The monoisotopic (exact) mass is 370 g/mol. The number of aromatic nitrogens is 3. The molecule has 0 radical (unpaired) electrons. The molecule has 0 aliphatic carbocycles. The van der Waals surface area contributed by atoms with E-state index in [0.29, 0.717) is 23.3 Å². The Hall–Kier alpha value is -1.99. The van der Waals surface area contributed by atoms with Crippen LogP contribution in [0.25, 0.3) is 5.65 Å². The first-order valence-corrected chi connectivity index (χ1v) is 10.2. The molecule has 0 saturated carbocycles. The number of likely N-dealkylation sites (tertiary alicyclic amines) is 1. The molecule has 7 heteroatoms. The Bertz CT molecular complexity index is 814. The number of amides is 1. The molecule has 2 aliphatic heterocycles. The second kappa shape index (κ2) is 7.56. The van der Waals surface area contributed by atoms with Crippen LogP contribution in [-0.4, -0.2) is 80.5 Å². The largest absolute Gasteiger partial charge is 0.337 e. The molecule has 2 aromatic rings. The summed E-state index contributed by atoms with van der Waals surface area (Å²) < 4.78 is 1.75. The lowest BCUT2D eigenvalue weighted by atomic mass is 10.1. The van der Waals surface area contributed by atoms with Gasteiger partial charge in [0, 0.05) is 49.7 Å². The summed E-state index contributed by atoms with van der Waals surface area (Å²) in [6.45, 7) is 8.80. The Labute approximate surface area is 160 Å². The normalized spacial score (nSPS) is 23.3. The predicted octanol–water partition coefficient (Wildman–Crippen LogP) is 1.88. The molecule has 4 rings (SSSR count). The Morgan fingerprint density at radius 1 is 1.19 bits per heavy atom. The van der Waals surface area contributed by atoms with Gasteiger partial charge in [0.25, 0.3) is 5.91 Å². The summed E-state index contributed by atoms with van der Waals surface area (Å²) in [7, 11) is 2.20. The van der Waals surface area contributed by atoms with Crippen LogP contribution in [0.3, 0.4) is 0 Å². The third kappa shape index (κ3) is 3.46.